The second kappa shape index (κ2) is 6.68. The molecule has 0 aliphatic carbocycles. The van der Waals surface area contributed by atoms with E-state index in [1.807, 2.05) is 60.1 Å². The van der Waals surface area contributed by atoms with Crippen LogP contribution in [0.4, 0.5) is 0 Å². The van der Waals surface area contributed by atoms with Crippen molar-refractivity contribution in [1.82, 2.24) is 4.57 Å². The van der Waals surface area contributed by atoms with Crippen molar-refractivity contribution in [2.24, 2.45) is 0 Å². The summed E-state index contributed by atoms with van der Waals surface area (Å²) in [6, 6.07) is 17.3. The van der Waals surface area contributed by atoms with Crippen LogP contribution in [-0.4, -0.2) is 10.4 Å². The zero-order valence-electron chi connectivity index (χ0n) is 13.1. The van der Waals surface area contributed by atoms with Crippen LogP contribution in [0.2, 0.25) is 10.0 Å². The molecule has 4 aromatic rings. The third-order valence-corrected chi connectivity index (χ3v) is 5.72. The van der Waals surface area contributed by atoms with Gasteiger partial charge in [0.05, 0.1) is 14.9 Å². The number of thiophene rings is 1. The number of carbonyl (C=O) groups excluding carboxylic acids is 1. The number of halogens is 2. The monoisotopic (exact) mass is 385 g/mol. The van der Waals surface area contributed by atoms with Gasteiger partial charge in [-0.25, -0.2) is 0 Å². The summed E-state index contributed by atoms with van der Waals surface area (Å²) in [5, 5.41) is 3.95. The van der Waals surface area contributed by atoms with E-state index in [0.29, 0.717) is 16.6 Å². The first-order valence-electron chi connectivity index (χ1n) is 7.73. The molecule has 124 valence electrons. The molecule has 0 atom stereocenters. The van der Waals surface area contributed by atoms with Crippen LogP contribution in [-0.2, 0) is 6.54 Å². The van der Waals surface area contributed by atoms with Crippen LogP contribution in [0.15, 0.2) is 66.2 Å². The Morgan fingerprint density at radius 1 is 1.00 bits per heavy atom. The summed E-state index contributed by atoms with van der Waals surface area (Å²) < 4.78 is 2.08. The van der Waals surface area contributed by atoms with E-state index < -0.39 is 0 Å². The van der Waals surface area contributed by atoms with E-state index >= 15 is 0 Å². The normalized spacial score (nSPS) is 11.1. The highest BCUT2D eigenvalue weighted by Gasteiger charge is 2.17. The summed E-state index contributed by atoms with van der Waals surface area (Å²) in [6.07, 6.45) is 1.93. The van der Waals surface area contributed by atoms with Gasteiger partial charge < -0.3 is 4.57 Å². The number of fused-ring (bicyclic) bond motifs is 1. The molecule has 25 heavy (non-hydrogen) atoms. The molecule has 0 aliphatic rings. The molecule has 0 saturated carbocycles. The molecule has 2 nitrogen and oxygen atoms in total. The van der Waals surface area contributed by atoms with E-state index in [2.05, 4.69) is 4.57 Å². The zero-order chi connectivity index (χ0) is 17.4. The van der Waals surface area contributed by atoms with Gasteiger partial charge in [0, 0.05) is 29.2 Å². The summed E-state index contributed by atoms with van der Waals surface area (Å²) in [7, 11) is 0. The van der Waals surface area contributed by atoms with Crippen molar-refractivity contribution < 1.29 is 4.79 Å². The second-order valence-electron chi connectivity index (χ2n) is 5.74. The maximum Gasteiger partial charge on any atom is 0.205 e. The SMILES string of the molecule is O=C(c1cccs1)c1cn(Cc2ccc(Cl)c(Cl)c2)c2ccccc12. The molecule has 0 N–H and O–H groups in total. The van der Waals surface area contributed by atoms with E-state index in [0.717, 1.165) is 26.9 Å². The standard InChI is InChI=1S/C20H13Cl2NOS/c21-16-8-7-13(10-17(16)22)11-23-12-15(14-4-1-2-5-18(14)23)20(24)19-6-3-9-25-19/h1-10,12H,11H2. The summed E-state index contributed by atoms with van der Waals surface area (Å²) in [4.78, 5) is 13.6. The number of carbonyl (C=O) groups is 1. The molecule has 0 spiro atoms. The van der Waals surface area contributed by atoms with Crippen LogP contribution in [0.5, 0.6) is 0 Å². The van der Waals surface area contributed by atoms with E-state index in [9.17, 15) is 4.79 Å². The first kappa shape index (κ1) is 16.4. The van der Waals surface area contributed by atoms with Crippen molar-refractivity contribution >= 4 is 51.2 Å². The Bertz CT molecular complexity index is 1070. The number of ketones is 1. The second-order valence-corrected chi connectivity index (χ2v) is 7.50. The maximum absolute atomic E-state index is 12.8. The lowest BCUT2D eigenvalue weighted by atomic mass is 10.1. The summed E-state index contributed by atoms with van der Waals surface area (Å²) in [6.45, 7) is 0.620. The smallest absolute Gasteiger partial charge is 0.205 e. The predicted octanol–water partition coefficient (Wildman–Crippen LogP) is 6.29. The molecule has 0 saturated heterocycles. The third kappa shape index (κ3) is 3.11. The molecule has 2 aromatic carbocycles. The van der Waals surface area contributed by atoms with Crippen molar-refractivity contribution in [1.29, 1.82) is 0 Å². The van der Waals surface area contributed by atoms with Crippen LogP contribution in [0.1, 0.15) is 20.8 Å². The predicted molar refractivity (Wildman–Crippen MR) is 105 cm³/mol. The molecule has 0 fully saturated rings. The minimum absolute atomic E-state index is 0.0547. The van der Waals surface area contributed by atoms with Crippen LogP contribution in [0.25, 0.3) is 10.9 Å². The Kier molecular flexibility index (Phi) is 4.38. The number of aromatic nitrogens is 1. The number of hydrogen-bond acceptors (Lipinski definition) is 2. The molecular weight excluding hydrogens is 373 g/mol. The maximum atomic E-state index is 12.8. The van der Waals surface area contributed by atoms with Crippen LogP contribution >= 0.6 is 34.5 Å². The van der Waals surface area contributed by atoms with Gasteiger partial charge in [0.1, 0.15) is 0 Å². The average Bonchev–Trinajstić information content (AvgIpc) is 3.26. The van der Waals surface area contributed by atoms with Crippen molar-refractivity contribution in [2.45, 2.75) is 6.54 Å². The van der Waals surface area contributed by atoms with Crippen LogP contribution in [0, 0.1) is 0 Å². The minimum atomic E-state index is 0.0547. The first-order chi connectivity index (χ1) is 12.1. The fourth-order valence-corrected chi connectivity index (χ4v) is 3.93. The molecule has 2 heterocycles. The van der Waals surface area contributed by atoms with Gasteiger partial charge in [-0.15, -0.1) is 11.3 Å². The Hall–Kier alpha value is -2.07. The lowest BCUT2D eigenvalue weighted by molar-refractivity contribution is 0.104. The van der Waals surface area contributed by atoms with Gasteiger partial charge in [-0.3, -0.25) is 4.79 Å². The van der Waals surface area contributed by atoms with Gasteiger partial charge in [0.15, 0.2) is 0 Å². The van der Waals surface area contributed by atoms with Crippen molar-refractivity contribution in [3.8, 4) is 0 Å². The highest BCUT2D eigenvalue weighted by molar-refractivity contribution is 7.12. The minimum Gasteiger partial charge on any atom is -0.342 e. The number of para-hydroxylation sites is 1. The molecule has 0 radical (unpaired) electrons. The molecule has 5 heteroatoms. The van der Waals surface area contributed by atoms with Crippen molar-refractivity contribution in [3.05, 3.63) is 92.2 Å². The van der Waals surface area contributed by atoms with E-state index in [-0.39, 0.29) is 5.78 Å². The van der Waals surface area contributed by atoms with E-state index in [4.69, 9.17) is 23.2 Å². The van der Waals surface area contributed by atoms with E-state index in [1.165, 1.54) is 11.3 Å². The zero-order valence-corrected chi connectivity index (χ0v) is 15.4. The van der Waals surface area contributed by atoms with Crippen LogP contribution < -0.4 is 0 Å². The quantitative estimate of drug-likeness (QED) is 0.378. The Balaban J connectivity index is 1.79. The Morgan fingerprint density at radius 2 is 1.84 bits per heavy atom. The Morgan fingerprint density at radius 3 is 2.60 bits per heavy atom. The number of nitrogens with zero attached hydrogens (tertiary/aromatic N) is 1. The number of benzene rings is 2. The number of rotatable bonds is 4. The fourth-order valence-electron chi connectivity index (χ4n) is 2.93. The fraction of sp³-hybridized carbons (Fsp3) is 0.0500. The van der Waals surface area contributed by atoms with Gasteiger partial charge in [0.25, 0.3) is 0 Å². The van der Waals surface area contributed by atoms with Gasteiger partial charge in [0.2, 0.25) is 5.78 Å². The highest BCUT2D eigenvalue weighted by atomic mass is 35.5. The summed E-state index contributed by atoms with van der Waals surface area (Å²) in [5.74, 6) is 0.0547. The molecule has 0 bridgehead atoms. The lowest BCUT2D eigenvalue weighted by Crippen LogP contribution is -1.99. The van der Waals surface area contributed by atoms with Gasteiger partial charge in [-0.05, 0) is 35.2 Å². The third-order valence-electron chi connectivity index (χ3n) is 4.12. The molecule has 4 rings (SSSR count). The first-order valence-corrected chi connectivity index (χ1v) is 9.37. The topological polar surface area (TPSA) is 22.0 Å². The molecular formula is C20H13Cl2NOS. The van der Waals surface area contributed by atoms with Gasteiger partial charge >= 0.3 is 0 Å². The molecule has 0 amide bonds. The molecule has 2 aromatic heterocycles. The largest absolute Gasteiger partial charge is 0.342 e. The van der Waals surface area contributed by atoms with Gasteiger partial charge in [-0.2, -0.15) is 0 Å². The average molecular weight is 386 g/mol. The molecule has 0 aliphatic heterocycles. The van der Waals surface area contributed by atoms with E-state index in [1.54, 1.807) is 6.07 Å². The lowest BCUT2D eigenvalue weighted by Gasteiger charge is -2.06. The molecule has 0 unspecified atom stereocenters. The van der Waals surface area contributed by atoms with Crippen molar-refractivity contribution in [3.63, 3.8) is 0 Å². The Labute approximate surface area is 159 Å². The summed E-state index contributed by atoms with van der Waals surface area (Å²) >= 11 is 13.6. The highest BCUT2D eigenvalue weighted by Crippen LogP contribution is 2.28. The van der Waals surface area contributed by atoms with Crippen molar-refractivity contribution in [2.75, 3.05) is 0 Å². The van der Waals surface area contributed by atoms with Crippen LogP contribution in [0.3, 0.4) is 0 Å². The number of hydrogen-bond donors (Lipinski definition) is 0. The van der Waals surface area contributed by atoms with Gasteiger partial charge in [-0.1, -0.05) is 53.5 Å². The summed E-state index contributed by atoms with van der Waals surface area (Å²) in [5.41, 5.74) is 2.77.